The number of hydrogen-bond acceptors (Lipinski definition) is 4. The van der Waals surface area contributed by atoms with Gasteiger partial charge in [-0.15, -0.1) is 0 Å². The number of aromatic nitrogens is 2. The maximum Gasteiger partial charge on any atom is 0.222 e. The zero-order valence-electron chi connectivity index (χ0n) is 13.1. The number of pyridine rings is 2. The van der Waals surface area contributed by atoms with E-state index in [2.05, 4.69) is 25.6 Å². The van der Waals surface area contributed by atoms with E-state index in [1.54, 1.807) is 19.4 Å². The molecule has 6 heteroatoms. The molecule has 2 aromatic heterocycles. The molecule has 2 rings (SSSR count). The largest absolute Gasteiger partial charge is 0.343 e. The molecule has 0 aliphatic heterocycles. The van der Waals surface area contributed by atoms with Crippen molar-refractivity contribution in [2.75, 3.05) is 17.7 Å². The van der Waals surface area contributed by atoms with Crippen molar-refractivity contribution in [1.29, 1.82) is 0 Å². The van der Waals surface area contributed by atoms with Crippen LogP contribution in [0.15, 0.2) is 35.6 Å². The van der Waals surface area contributed by atoms with E-state index in [1.807, 2.05) is 32.0 Å². The highest BCUT2D eigenvalue weighted by atomic mass is 16.1. The maximum absolute atomic E-state index is 11.1. The van der Waals surface area contributed by atoms with E-state index in [1.165, 1.54) is 6.92 Å². The van der Waals surface area contributed by atoms with Gasteiger partial charge in [0.25, 0.3) is 0 Å². The van der Waals surface area contributed by atoms with Gasteiger partial charge in [-0.05, 0) is 37.6 Å². The van der Waals surface area contributed by atoms with Crippen LogP contribution in [0.3, 0.4) is 0 Å². The van der Waals surface area contributed by atoms with Crippen LogP contribution < -0.4 is 10.6 Å². The Kier molecular flexibility index (Phi) is 4.83. The second kappa shape index (κ2) is 6.80. The number of aliphatic imine (C=N–C) groups is 1. The first-order valence-corrected chi connectivity index (χ1v) is 6.90. The molecule has 6 nitrogen and oxygen atoms in total. The summed E-state index contributed by atoms with van der Waals surface area (Å²) in [6.45, 7) is 5.29. The number of hydrogen-bond donors (Lipinski definition) is 2. The lowest BCUT2D eigenvalue weighted by Gasteiger charge is -2.11. The molecule has 0 unspecified atom stereocenters. The molecule has 2 aromatic rings. The molecule has 0 aromatic carbocycles. The molecular formula is C16H19N5O. The number of amidine groups is 1. The van der Waals surface area contributed by atoms with Crippen LogP contribution >= 0.6 is 0 Å². The lowest BCUT2D eigenvalue weighted by molar-refractivity contribution is -0.114. The van der Waals surface area contributed by atoms with Crippen LogP contribution in [-0.2, 0) is 4.79 Å². The van der Waals surface area contributed by atoms with Crippen molar-refractivity contribution in [2.24, 2.45) is 4.99 Å². The summed E-state index contributed by atoms with van der Waals surface area (Å²) in [4.78, 5) is 23.7. The highest BCUT2D eigenvalue weighted by molar-refractivity contribution is 5.94. The van der Waals surface area contributed by atoms with Gasteiger partial charge in [0.2, 0.25) is 5.91 Å². The predicted octanol–water partition coefficient (Wildman–Crippen LogP) is 2.87. The smallest absolute Gasteiger partial charge is 0.222 e. The second-order valence-corrected chi connectivity index (χ2v) is 4.90. The number of anilines is 2. The molecule has 0 aliphatic carbocycles. The Morgan fingerprint density at radius 1 is 1.14 bits per heavy atom. The molecule has 2 heterocycles. The van der Waals surface area contributed by atoms with E-state index in [9.17, 15) is 4.79 Å². The van der Waals surface area contributed by atoms with Gasteiger partial charge in [0.15, 0.2) is 0 Å². The van der Waals surface area contributed by atoms with E-state index >= 15 is 0 Å². The Balaban J connectivity index is 2.36. The third-order valence-electron chi connectivity index (χ3n) is 3.14. The lowest BCUT2D eigenvalue weighted by Crippen LogP contribution is -2.09. The molecule has 0 aliphatic rings. The van der Waals surface area contributed by atoms with Crippen molar-refractivity contribution in [3.63, 3.8) is 0 Å². The Bertz CT molecular complexity index is 724. The van der Waals surface area contributed by atoms with Gasteiger partial charge in [0, 0.05) is 31.9 Å². The highest BCUT2D eigenvalue weighted by Gasteiger charge is 2.06. The molecule has 0 atom stereocenters. The molecule has 114 valence electrons. The number of nitrogens with one attached hydrogen (secondary N) is 2. The highest BCUT2D eigenvalue weighted by Crippen LogP contribution is 2.25. The molecule has 0 bridgehead atoms. The molecule has 0 saturated heterocycles. The first-order chi connectivity index (χ1) is 10.5. The number of amides is 1. The zero-order valence-corrected chi connectivity index (χ0v) is 13.1. The minimum Gasteiger partial charge on any atom is -0.343 e. The van der Waals surface area contributed by atoms with Crippen LogP contribution in [0.25, 0.3) is 11.1 Å². The Morgan fingerprint density at radius 2 is 1.91 bits per heavy atom. The quantitative estimate of drug-likeness (QED) is 0.674. The summed E-state index contributed by atoms with van der Waals surface area (Å²) >= 11 is 0. The molecule has 22 heavy (non-hydrogen) atoms. The van der Waals surface area contributed by atoms with Crippen LogP contribution in [0.1, 0.15) is 19.5 Å². The monoisotopic (exact) mass is 297 g/mol. The van der Waals surface area contributed by atoms with Gasteiger partial charge < -0.3 is 10.6 Å². The summed E-state index contributed by atoms with van der Waals surface area (Å²) < 4.78 is 0. The van der Waals surface area contributed by atoms with E-state index in [4.69, 9.17) is 0 Å². The van der Waals surface area contributed by atoms with Crippen molar-refractivity contribution in [1.82, 2.24) is 9.97 Å². The fourth-order valence-electron chi connectivity index (χ4n) is 1.93. The normalized spacial score (nSPS) is 11.2. The standard InChI is InChI=1S/C16H19N5O/c1-10-15(20-11(2)17-4)7-14(9-19-10)13-5-6-18-16(8-13)21-12(3)22/h5-9H,1-4H3,(H,17,20)(H,18,21,22). The average Bonchev–Trinajstić information content (AvgIpc) is 2.49. The molecule has 1 amide bonds. The van der Waals surface area contributed by atoms with E-state index in [-0.39, 0.29) is 5.91 Å². The number of carbonyl (C=O) groups excluding carboxylic acids is 1. The third-order valence-corrected chi connectivity index (χ3v) is 3.14. The number of carbonyl (C=O) groups is 1. The fourth-order valence-corrected chi connectivity index (χ4v) is 1.93. The summed E-state index contributed by atoms with van der Waals surface area (Å²) in [6, 6.07) is 5.70. The first-order valence-electron chi connectivity index (χ1n) is 6.90. The molecule has 0 fully saturated rings. The number of nitrogens with zero attached hydrogens (tertiary/aromatic N) is 3. The number of aryl methyl sites for hydroxylation is 1. The van der Waals surface area contributed by atoms with Crippen molar-refractivity contribution >= 4 is 23.2 Å². The van der Waals surface area contributed by atoms with Crippen LogP contribution in [-0.4, -0.2) is 28.8 Å². The average molecular weight is 297 g/mol. The fraction of sp³-hybridized carbons (Fsp3) is 0.250. The minimum atomic E-state index is -0.149. The van der Waals surface area contributed by atoms with Gasteiger partial charge in [-0.1, -0.05) is 0 Å². The molecule has 0 radical (unpaired) electrons. The van der Waals surface area contributed by atoms with E-state index in [0.29, 0.717) is 5.82 Å². The summed E-state index contributed by atoms with van der Waals surface area (Å²) in [5.41, 5.74) is 3.66. The second-order valence-electron chi connectivity index (χ2n) is 4.90. The van der Waals surface area contributed by atoms with Crippen molar-refractivity contribution in [3.8, 4) is 11.1 Å². The predicted molar refractivity (Wildman–Crippen MR) is 89.2 cm³/mol. The van der Waals surface area contributed by atoms with Crippen LogP contribution in [0.5, 0.6) is 0 Å². The first kappa shape index (κ1) is 15.6. The van der Waals surface area contributed by atoms with E-state index < -0.39 is 0 Å². The van der Waals surface area contributed by atoms with Gasteiger partial charge in [0.1, 0.15) is 5.82 Å². The Morgan fingerprint density at radius 3 is 2.59 bits per heavy atom. The molecule has 0 saturated carbocycles. The van der Waals surface area contributed by atoms with Crippen LogP contribution in [0.2, 0.25) is 0 Å². The van der Waals surface area contributed by atoms with Crippen LogP contribution in [0.4, 0.5) is 11.5 Å². The van der Waals surface area contributed by atoms with Gasteiger partial charge >= 0.3 is 0 Å². The zero-order chi connectivity index (χ0) is 16.1. The Labute approximate surface area is 129 Å². The maximum atomic E-state index is 11.1. The lowest BCUT2D eigenvalue weighted by atomic mass is 10.1. The number of rotatable bonds is 3. The minimum absolute atomic E-state index is 0.149. The summed E-state index contributed by atoms with van der Waals surface area (Å²) in [5, 5.41) is 5.90. The van der Waals surface area contributed by atoms with E-state index in [0.717, 1.165) is 28.3 Å². The van der Waals surface area contributed by atoms with Crippen molar-refractivity contribution < 1.29 is 4.79 Å². The SMILES string of the molecule is CN=C(C)Nc1cc(-c2ccnc(NC(C)=O)c2)cnc1C. The molecular weight excluding hydrogens is 278 g/mol. The van der Waals surface area contributed by atoms with Gasteiger partial charge in [-0.2, -0.15) is 0 Å². The Hall–Kier alpha value is -2.76. The summed E-state index contributed by atoms with van der Waals surface area (Å²) in [6.07, 6.45) is 3.46. The summed E-state index contributed by atoms with van der Waals surface area (Å²) in [5.74, 6) is 1.19. The molecule has 0 spiro atoms. The van der Waals surface area contributed by atoms with Gasteiger partial charge in [-0.3, -0.25) is 14.8 Å². The van der Waals surface area contributed by atoms with Crippen molar-refractivity contribution in [2.45, 2.75) is 20.8 Å². The summed E-state index contributed by atoms with van der Waals surface area (Å²) in [7, 11) is 1.73. The third kappa shape index (κ3) is 3.88. The van der Waals surface area contributed by atoms with Gasteiger partial charge in [-0.25, -0.2) is 4.98 Å². The van der Waals surface area contributed by atoms with Crippen molar-refractivity contribution in [3.05, 3.63) is 36.3 Å². The molecule has 2 N–H and O–H groups in total. The van der Waals surface area contributed by atoms with Crippen LogP contribution in [0, 0.1) is 6.92 Å². The van der Waals surface area contributed by atoms with Gasteiger partial charge in [0.05, 0.1) is 17.2 Å². The topological polar surface area (TPSA) is 79.3 Å².